The maximum Gasteiger partial charge on any atom is 0.225 e. The number of para-hydroxylation sites is 1. The van der Waals surface area contributed by atoms with Crippen LogP contribution in [0.3, 0.4) is 0 Å². The number of hydrogen-bond acceptors (Lipinski definition) is 2. The average Bonchev–Trinajstić information content (AvgIpc) is 2.94. The van der Waals surface area contributed by atoms with Crippen molar-refractivity contribution in [3.63, 3.8) is 0 Å². The molecule has 2 atom stereocenters. The fraction of sp³-hybridized carbons (Fsp3) is 0.476. The first kappa shape index (κ1) is 16.8. The van der Waals surface area contributed by atoms with Crippen molar-refractivity contribution in [2.45, 2.75) is 52.1 Å². The van der Waals surface area contributed by atoms with E-state index in [2.05, 4.69) is 69.0 Å². The van der Waals surface area contributed by atoms with Gasteiger partial charge in [-0.1, -0.05) is 41.5 Å². The predicted molar refractivity (Wildman–Crippen MR) is 100 cm³/mol. The molecule has 24 heavy (non-hydrogen) atoms. The van der Waals surface area contributed by atoms with E-state index in [4.69, 9.17) is 0 Å². The van der Waals surface area contributed by atoms with Crippen molar-refractivity contribution in [2.75, 3.05) is 18.5 Å². The molecule has 1 aromatic carbocycles. The van der Waals surface area contributed by atoms with Crippen molar-refractivity contribution in [2.24, 2.45) is 0 Å². The largest absolute Gasteiger partial charge is 0.346 e. The lowest BCUT2D eigenvalue weighted by atomic mass is 9.76. The molecule has 2 heterocycles. The molecule has 3 rings (SSSR count). The minimum absolute atomic E-state index is 0.105. The number of amides is 1. The third-order valence-corrected chi connectivity index (χ3v) is 5.34. The average molecular weight is 324 g/mol. The Labute approximate surface area is 145 Å². The number of carbonyl (C=O) groups is 1. The molecule has 1 unspecified atom stereocenters. The highest BCUT2D eigenvalue weighted by Gasteiger charge is 2.58. The van der Waals surface area contributed by atoms with E-state index in [0.29, 0.717) is 6.42 Å². The highest BCUT2D eigenvalue weighted by Crippen LogP contribution is 2.54. The molecule has 0 radical (unpaired) electrons. The van der Waals surface area contributed by atoms with E-state index >= 15 is 0 Å². The maximum absolute atomic E-state index is 12.6. The molecule has 0 spiro atoms. The lowest BCUT2D eigenvalue weighted by Gasteiger charge is -2.36. The van der Waals surface area contributed by atoms with Crippen molar-refractivity contribution >= 4 is 11.6 Å². The van der Waals surface area contributed by atoms with Gasteiger partial charge in [0, 0.05) is 31.1 Å². The first-order chi connectivity index (χ1) is 11.4. The normalized spacial score (nSPS) is 24.7. The molecule has 3 heteroatoms. The Balaban J connectivity index is 2.13. The smallest absolute Gasteiger partial charge is 0.225 e. The predicted octanol–water partition coefficient (Wildman–Crippen LogP) is 4.26. The number of fused-ring (bicyclic) bond motifs is 3. The summed E-state index contributed by atoms with van der Waals surface area (Å²) in [7, 11) is 1.96. The number of anilines is 1. The first-order valence-corrected chi connectivity index (χ1v) is 8.75. The zero-order valence-electron chi connectivity index (χ0n) is 15.5. The molecule has 0 aromatic heterocycles. The van der Waals surface area contributed by atoms with E-state index in [-0.39, 0.29) is 17.5 Å². The standard InChI is InChI=1S/C21H28N2O/c1-15(2)10-12-21-14-19(24)22(5)20(21)23(13-11-16(3)4)18-9-7-6-8-17(18)21/h6-11,20H,12-14H2,1-5H3/t20?,21-/m1/s1. The Kier molecular flexibility index (Phi) is 4.29. The van der Waals surface area contributed by atoms with Gasteiger partial charge in [0.25, 0.3) is 0 Å². The Morgan fingerprint density at radius 3 is 2.50 bits per heavy atom. The van der Waals surface area contributed by atoms with Gasteiger partial charge in [0.15, 0.2) is 0 Å². The van der Waals surface area contributed by atoms with Gasteiger partial charge in [-0.3, -0.25) is 4.79 Å². The number of likely N-dealkylation sites (tertiary alicyclic amines) is 1. The molecule has 2 aliphatic rings. The van der Waals surface area contributed by atoms with Gasteiger partial charge in [-0.25, -0.2) is 0 Å². The van der Waals surface area contributed by atoms with Gasteiger partial charge in [-0.2, -0.15) is 0 Å². The maximum atomic E-state index is 12.6. The zero-order valence-corrected chi connectivity index (χ0v) is 15.5. The SMILES string of the molecule is CC(C)=CCN1c2ccccc2[C@@]2(CC=C(C)C)CC(=O)N(C)C12. The Bertz CT molecular complexity index is 710. The summed E-state index contributed by atoms with van der Waals surface area (Å²) < 4.78 is 0. The number of hydrogen-bond donors (Lipinski definition) is 0. The van der Waals surface area contributed by atoms with Crippen molar-refractivity contribution in [1.82, 2.24) is 4.90 Å². The van der Waals surface area contributed by atoms with E-state index in [1.807, 2.05) is 11.9 Å². The van der Waals surface area contributed by atoms with Crippen LogP contribution < -0.4 is 4.90 Å². The van der Waals surface area contributed by atoms with E-state index in [9.17, 15) is 4.79 Å². The lowest BCUT2D eigenvalue weighted by molar-refractivity contribution is -0.127. The highest BCUT2D eigenvalue weighted by atomic mass is 16.2. The van der Waals surface area contributed by atoms with Crippen LogP contribution in [0.4, 0.5) is 5.69 Å². The van der Waals surface area contributed by atoms with Crippen LogP contribution in [0.5, 0.6) is 0 Å². The molecule has 1 aromatic rings. The minimum Gasteiger partial charge on any atom is -0.346 e. The summed E-state index contributed by atoms with van der Waals surface area (Å²) in [6.45, 7) is 9.37. The zero-order chi connectivity index (χ0) is 17.5. The summed E-state index contributed by atoms with van der Waals surface area (Å²) in [6.07, 6.45) is 6.16. The summed E-state index contributed by atoms with van der Waals surface area (Å²) in [5.74, 6) is 0.249. The summed E-state index contributed by atoms with van der Waals surface area (Å²) in [6, 6.07) is 8.63. The van der Waals surface area contributed by atoms with E-state index in [1.165, 1.54) is 22.4 Å². The number of benzene rings is 1. The van der Waals surface area contributed by atoms with Gasteiger partial charge in [0.2, 0.25) is 5.91 Å². The number of nitrogens with zero attached hydrogens (tertiary/aromatic N) is 2. The van der Waals surface area contributed by atoms with Crippen LogP contribution in [-0.4, -0.2) is 30.6 Å². The summed E-state index contributed by atoms with van der Waals surface area (Å²) in [4.78, 5) is 17.0. The molecule has 0 aliphatic carbocycles. The minimum atomic E-state index is -0.130. The van der Waals surface area contributed by atoms with Crippen LogP contribution in [0.2, 0.25) is 0 Å². The topological polar surface area (TPSA) is 23.6 Å². The molecule has 0 saturated carbocycles. The van der Waals surface area contributed by atoms with Gasteiger partial charge in [0.1, 0.15) is 6.17 Å². The monoisotopic (exact) mass is 324 g/mol. The number of likely N-dealkylation sites (N-methyl/N-ethyl adjacent to an activating group) is 1. The Hall–Kier alpha value is -2.03. The van der Waals surface area contributed by atoms with Crippen LogP contribution in [0.15, 0.2) is 47.6 Å². The van der Waals surface area contributed by atoms with Crippen molar-refractivity contribution < 1.29 is 4.79 Å². The summed E-state index contributed by atoms with van der Waals surface area (Å²) >= 11 is 0. The van der Waals surface area contributed by atoms with Crippen molar-refractivity contribution in [1.29, 1.82) is 0 Å². The third-order valence-electron chi connectivity index (χ3n) is 5.34. The fourth-order valence-corrected chi connectivity index (χ4v) is 4.16. The Morgan fingerprint density at radius 1 is 1.17 bits per heavy atom. The first-order valence-electron chi connectivity index (χ1n) is 8.75. The highest BCUT2D eigenvalue weighted by molar-refractivity contribution is 5.86. The number of carbonyl (C=O) groups excluding carboxylic acids is 1. The van der Waals surface area contributed by atoms with Gasteiger partial charge >= 0.3 is 0 Å². The van der Waals surface area contributed by atoms with Crippen molar-refractivity contribution in [3.05, 3.63) is 53.1 Å². The van der Waals surface area contributed by atoms with E-state index < -0.39 is 0 Å². The van der Waals surface area contributed by atoms with Crippen LogP contribution in [-0.2, 0) is 10.2 Å². The quantitative estimate of drug-likeness (QED) is 0.773. The van der Waals surface area contributed by atoms with E-state index in [1.54, 1.807) is 0 Å². The molecule has 1 saturated heterocycles. The molecule has 3 nitrogen and oxygen atoms in total. The Morgan fingerprint density at radius 2 is 1.83 bits per heavy atom. The third kappa shape index (κ3) is 2.56. The van der Waals surface area contributed by atoms with Crippen LogP contribution >= 0.6 is 0 Å². The fourth-order valence-electron chi connectivity index (χ4n) is 4.16. The van der Waals surface area contributed by atoms with E-state index in [0.717, 1.165) is 13.0 Å². The van der Waals surface area contributed by atoms with Gasteiger partial charge in [-0.05, 0) is 45.7 Å². The molecular formula is C21H28N2O. The molecular weight excluding hydrogens is 296 g/mol. The van der Waals surface area contributed by atoms with Crippen LogP contribution in [0.1, 0.15) is 46.1 Å². The molecule has 0 N–H and O–H groups in total. The molecule has 1 amide bonds. The lowest BCUT2D eigenvalue weighted by Crippen LogP contribution is -2.49. The second-order valence-electron chi connectivity index (χ2n) is 7.65. The summed E-state index contributed by atoms with van der Waals surface area (Å²) in [5.41, 5.74) is 5.09. The van der Waals surface area contributed by atoms with Crippen LogP contribution in [0, 0.1) is 0 Å². The summed E-state index contributed by atoms with van der Waals surface area (Å²) in [5, 5.41) is 0. The molecule has 128 valence electrons. The molecule has 1 fully saturated rings. The second kappa shape index (κ2) is 6.12. The van der Waals surface area contributed by atoms with Crippen LogP contribution in [0.25, 0.3) is 0 Å². The van der Waals surface area contributed by atoms with Gasteiger partial charge in [0.05, 0.1) is 0 Å². The van der Waals surface area contributed by atoms with Gasteiger partial charge in [-0.15, -0.1) is 0 Å². The van der Waals surface area contributed by atoms with Crippen molar-refractivity contribution in [3.8, 4) is 0 Å². The molecule has 2 aliphatic heterocycles. The second-order valence-corrected chi connectivity index (χ2v) is 7.65. The number of rotatable bonds is 4. The number of allylic oxidation sites excluding steroid dienone is 3. The molecule has 0 bridgehead atoms. The van der Waals surface area contributed by atoms with Gasteiger partial charge < -0.3 is 9.80 Å².